The average molecular weight is 371 g/mol. The topological polar surface area (TPSA) is 35.0 Å². The van der Waals surface area contributed by atoms with Crippen LogP contribution in [0, 0.1) is 5.92 Å². The van der Waals surface area contributed by atoms with Crippen molar-refractivity contribution in [1.29, 1.82) is 0 Å². The zero-order chi connectivity index (χ0) is 15.9. The van der Waals surface area contributed by atoms with Gasteiger partial charge in [0.05, 0.1) is 4.47 Å². The van der Waals surface area contributed by atoms with Crippen LogP contribution in [0.1, 0.15) is 52.8 Å². The fraction of sp³-hybridized carbons (Fsp3) is 0.750. The van der Waals surface area contributed by atoms with Gasteiger partial charge >= 0.3 is 0 Å². The summed E-state index contributed by atoms with van der Waals surface area (Å²) < 4.78 is 7.70. The summed E-state index contributed by atoms with van der Waals surface area (Å²) in [4.78, 5) is 9.09. The molecule has 3 nitrogen and oxygen atoms in total. The fourth-order valence-electron chi connectivity index (χ4n) is 2.66. The Kier molecular flexibility index (Phi) is 4.67. The van der Waals surface area contributed by atoms with Gasteiger partial charge in [0.15, 0.2) is 14.1 Å². The normalized spacial score (nSPS) is 26.5. The number of rotatable bonds is 4. The molecule has 0 N–H and O–H groups in total. The summed E-state index contributed by atoms with van der Waals surface area (Å²) in [6.07, 6.45) is 6.98. The number of aromatic nitrogens is 2. The molecule has 0 atom stereocenters. The van der Waals surface area contributed by atoms with Crippen LogP contribution in [0.2, 0.25) is 18.1 Å². The summed E-state index contributed by atoms with van der Waals surface area (Å²) in [7, 11) is -1.84. The molecule has 1 aromatic heterocycles. The first-order chi connectivity index (χ1) is 9.60. The molecular weight excluding hydrogens is 344 g/mol. The molecule has 1 aliphatic carbocycles. The van der Waals surface area contributed by atoms with Gasteiger partial charge in [0.25, 0.3) is 0 Å². The standard InChI is InChI=1S/C16H27BrN2OSi/c1-7-12-8-16(9-12,14-18-10-13(17)11-19-14)20-21(5,6)15(2,3)4/h10-12H,7-9H2,1-6H3. The number of halogens is 1. The molecule has 21 heavy (non-hydrogen) atoms. The van der Waals surface area contributed by atoms with Crippen LogP contribution in [0.25, 0.3) is 0 Å². The van der Waals surface area contributed by atoms with Gasteiger partial charge in [0.1, 0.15) is 5.60 Å². The molecule has 2 rings (SSSR count). The quantitative estimate of drug-likeness (QED) is 0.676. The molecule has 0 unspecified atom stereocenters. The Balaban J connectivity index is 2.29. The summed E-state index contributed by atoms with van der Waals surface area (Å²) >= 11 is 3.41. The van der Waals surface area contributed by atoms with Crippen LogP contribution in [0.4, 0.5) is 0 Å². The van der Waals surface area contributed by atoms with Gasteiger partial charge in [-0.05, 0) is 52.8 Å². The van der Waals surface area contributed by atoms with Crippen LogP contribution >= 0.6 is 15.9 Å². The SMILES string of the molecule is CCC1CC(O[Si](C)(C)C(C)(C)C)(c2ncc(Br)cn2)C1. The van der Waals surface area contributed by atoms with E-state index in [2.05, 4.69) is 66.7 Å². The summed E-state index contributed by atoms with van der Waals surface area (Å²) in [6, 6.07) is 0. The Morgan fingerprint density at radius 3 is 2.24 bits per heavy atom. The van der Waals surface area contributed by atoms with Crippen molar-refractivity contribution in [2.45, 2.75) is 70.7 Å². The molecule has 0 radical (unpaired) electrons. The Bertz CT molecular complexity index is 490. The Morgan fingerprint density at radius 2 is 1.81 bits per heavy atom. The maximum Gasteiger partial charge on any atom is 0.193 e. The summed E-state index contributed by atoms with van der Waals surface area (Å²) in [5, 5.41) is 0.201. The van der Waals surface area contributed by atoms with Crippen molar-refractivity contribution in [3.63, 3.8) is 0 Å². The highest BCUT2D eigenvalue weighted by molar-refractivity contribution is 9.10. The van der Waals surface area contributed by atoms with Crippen LogP contribution < -0.4 is 0 Å². The lowest BCUT2D eigenvalue weighted by Crippen LogP contribution is -2.54. The van der Waals surface area contributed by atoms with E-state index < -0.39 is 8.32 Å². The van der Waals surface area contributed by atoms with Crippen molar-refractivity contribution >= 4 is 24.2 Å². The predicted octanol–water partition coefficient (Wildman–Crippen LogP) is 5.28. The van der Waals surface area contributed by atoms with Crippen LogP contribution in [-0.4, -0.2) is 18.3 Å². The van der Waals surface area contributed by atoms with E-state index in [9.17, 15) is 0 Å². The van der Waals surface area contributed by atoms with Gasteiger partial charge in [0, 0.05) is 12.4 Å². The third-order valence-electron chi connectivity index (χ3n) is 5.10. The van der Waals surface area contributed by atoms with Gasteiger partial charge in [-0.1, -0.05) is 34.1 Å². The molecule has 1 aliphatic rings. The second-order valence-corrected chi connectivity index (χ2v) is 13.4. The third-order valence-corrected chi connectivity index (χ3v) is 10.0. The highest BCUT2D eigenvalue weighted by Crippen LogP contribution is 2.53. The number of hydrogen-bond acceptors (Lipinski definition) is 3. The molecule has 0 amide bonds. The Hall–Kier alpha value is -0.263. The maximum atomic E-state index is 6.78. The molecule has 0 saturated heterocycles. The van der Waals surface area contributed by atoms with Crippen molar-refractivity contribution in [3.8, 4) is 0 Å². The highest BCUT2D eigenvalue weighted by Gasteiger charge is 2.53. The highest BCUT2D eigenvalue weighted by atomic mass is 79.9. The molecule has 1 saturated carbocycles. The largest absolute Gasteiger partial charge is 0.404 e. The van der Waals surface area contributed by atoms with Crippen molar-refractivity contribution in [2.75, 3.05) is 0 Å². The van der Waals surface area contributed by atoms with E-state index >= 15 is 0 Å². The lowest BCUT2D eigenvalue weighted by atomic mass is 9.69. The van der Waals surface area contributed by atoms with Crippen LogP contribution in [0.3, 0.4) is 0 Å². The molecule has 1 aromatic rings. The molecule has 0 spiro atoms. The second-order valence-electron chi connectivity index (χ2n) is 7.76. The zero-order valence-electron chi connectivity index (χ0n) is 14.0. The minimum Gasteiger partial charge on any atom is -0.404 e. The third kappa shape index (κ3) is 3.40. The Labute approximate surface area is 138 Å². The van der Waals surface area contributed by atoms with Gasteiger partial charge in [-0.15, -0.1) is 0 Å². The average Bonchev–Trinajstić information content (AvgIpc) is 2.32. The van der Waals surface area contributed by atoms with Crippen molar-refractivity contribution in [1.82, 2.24) is 9.97 Å². The Morgan fingerprint density at radius 1 is 1.29 bits per heavy atom. The monoisotopic (exact) mass is 370 g/mol. The molecule has 1 fully saturated rings. The van der Waals surface area contributed by atoms with E-state index in [0.29, 0.717) is 0 Å². The lowest BCUT2D eigenvalue weighted by Gasteiger charge is -2.52. The van der Waals surface area contributed by atoms with Gasteiger partial charge in [0.2, 0.25) is 0 Å². The molecule has 0 bridgehead atoms. The minimum absolute atomic E-state index is 0.201. The van der Waals surface area contributed by atoms with Gasteiger partial charge < -0.3 is 4.43 Å². The van der Waals surface area contributed by atoms with Crippen molar-refractivity contribution < 1.29 is 4.43 Å². The van der Waals surface area contributed by atoms with E-state index in [1.54, 1.807) is 0 Å². The van der Waals surface area contributed by atoms with Crippen LogP contribution in [-0.2, 0) is 10.0 Å². The first kappa shape index (κ1) is 17.1. The minimum atomic E-state index is -1.84. The lowest BCUT2D eigenvalue weighted by molar-refractivity contribution is -0.0748. The van der Waals surface area contributed by atoms with Gasteiger partial charge in [-0.25, -0.2) is 9.97 Å². The molecule has 5 heteroatoms. The van der Waals surface area contributed by atoms with E-state index in [-0.39, 0.29) is 10.6 Å². The van der Waals surface area contributed by atoms with E-state index in [0.717, 1.165) is 29.1 Å². The predicted molar refractivity (Wildman–Crippen MR) is 92.7 cm³/mol. The first-order valence-corrected chi connectivity index (χ1v) is 11.5. The number of hydrogen-bond donors (Lipinski definition) is 0. The summed E-state index contributed by atoms with van der Waals surface area (Å²) in [5.41, 5.74) is -0.260. The van der Waals surface area contributed by atoms with Gasteiger partial charge in [-0.2, -0.15) is 0 Å². The molecule has 0 aromatic carbocycles. The number of nitrogens with zero attached hydrogens (tertiary/aromatic N) is 2. The summed E-state index contributed by atoms with van der Waals surface area (Å²) in [5.74, 6) is 1.60. The molecule has 0 aliphatic heterocycles. The summed E-state index contributed by atoms with van der Waals surface area (Å²) in [6.45, 7) is 13.7. The fourth-order valence-corrected chi connectivity index (χ4v) is 4.41. The second kappa shape index (κ2) is 5.74. The zero-order valence-corrected chi connectivity index (χ0v) is 16.6. The molecular formula is C16H27BrN2OSi. The van der Waals surface area contributed by atoms with E-state index in [4.69, 9.17) is 4.43 Å². The smallest absolute Gasteiger partial charge is 0.193 e. The molecule has 1 heterocycles. The molecule has 118 valence electrons. The van der Waals surface area contributed by atoms with Gasteiger partial charge in [-0.3, -0.25) is 0 Å². The van der Waals surface area contributed by atoms with E-state index in [1.165, 1.54) is 6.42 Å². The van der Waals surface area contributed by atoms with Crippen molar-refractivity contribution in [3.05, 3.63) is 22.7 Å². The maximum absolute atomic E-state index is 6.78. The van der Waals surface area contributed by atoms with Crippen LogP contribution in [0.15, 0.2) is 16.9 Å². The first-order valence-electron chi connectivity index (χ1n) is 7.78. The van der Waals surface area contributed by atoms with E-state index in [1.807, 2.05) is 12.4 Å². The van der Waals surface area contributed by atoms with Crippen LogP contribution in [0.5, 0.6) is 0 Å². The van der Waals surface area contributed by atoms with Crippen molar-refractivity contribution in [2.24, 2.45) is 5.92 Å².